The molecule has 0 aromatic rings. The fraction of sp³-hybridized carbons (Fsp3) is 0.933. The molecule has 3 aliphatic rings. The third kappa shape index (κ3) is 2.29. The number of nitrogens with two attached hydrogens (primary N) is 1. The highest BCUT2D eigenvalue weighted by atomic mass is 16.5. The molecule has 3 rings (SSSR count). The summed E-state index contributed by atoms with van der Waals surface area (Å²) < 4.78 is 5.79. The Morgan fingerprint density at radius 2 is 2.00 bits per heavy atom. The van der Waals surface area contributed by atoms with Crippen molar-refractivity contribution in [3.63, 3.8) is 0 Å². The zero-order valence-corrected chi connectivity index (χ0v) is 11.9. The number of hydrogen-bond acceptors (Lipinski definition) is 3. The van der Waals surface area contributed by atoms with Gasteiger partial charge in [0.25, 0.3) is 0 Å². The molecular weight excluding hydrogens is 240 g/mol. The van der Waals surface area contributed by atoms with Gasteiger partial charge in [-0.25, -0.2) is 0 Å². The van der Waals surface area contributed by atoms with Crippen LogP contribution in [0.15, 0.2) is 0 Å². The first-order valence-corrected chi connectivity index (χ1v) is 7.80. The molecule has 19 heavy (non-hydrogen) atoms. The Hall–Kier alpha value is -0.610. The first-order chi connectivity index (χ1) is 9.12. The van der Waals surface area contributed by atoms with Crippen LogP contribution in [0.2, 0.25) is 0 Å². The van der Waals surface area contributed by atoms with Crippen LogP contribution >= 0.6 is 0 Å². The van der Waals surface area contributed by atoms with Crippen LogP contribution in [0.1, 0.15) is 51.9 Å². The first-order valence-electron chi connectivity index (χ1n) is 7.80. The van der Waals surface area contributed by atoms with Gasteiger partial charge >= 0.3 is 0 Å². The van der Waals surface area contributed by atoms with Crippen LogP contribution < -0.4 is 11.1 Å². The second-order valence-electron chi connectivity index (χ2n) is 6.84. The molecule has 0 spiro atoms. The van der Waals surface area contributed by atoms with E-state index in [0.717, 1.165) is 32.3 Å². The second-order valence-corrected chi connectivity index (χ2v) is 6.84. The van der Waals surface area contributed by atoms with Crippen molar-refractivity contribution in [2.24, 2.45) is 17.1 Å². The van der Waals surface area contributed by atoms with Crippen molar-refractivity contribution in [2.75, 3.05) is 6.61 Å². The van der Waals surface area contributed by atoms with Gasteiger partial charge in [0.15, 0.2) is 0 Å². The van der Waals surface area contributed by atoms with Crippen LogP contribution in [0.5, 0.6) is 0 Å². The summed E-state index contributed by atoms with van der Waals surface area (Å²) in [7, 11) is 0. The summed E-state index contributed by atoms with van der Waals surface area (Å²) in [6.07, 6.45) is 8.04. The van der Waals surface area contributed by atoms with Crippen molar-refractivity contribution in [2.45, 2.75) is 70.1 Å². The number of amides is 1. The van der Waals surface area contributed by atoms with E-state index in [0.29, 0.717) is 5.92 Å². The van der Waals surface area contributed by atoms with Crippen molar-refractivity contribution in [1.29, 1.82) is 0 Å². The normalized spacial score (nSPS) is 40.9. The quantitative estimate of drug-likeness (QED) is 0.797. The molecule has 4 nitrogen and oxygen atoms in total. The number of ether oxygens (including phenoxy) is 1. The zero-order chi connectivity index (χ0) is 13.5. The van der Waals surface area contributed by atoms with Crippen LogP contribution in [0.3, 0.4) is 0 Å². The molecule has 4 heteroatoms. The molecular formula is C15H26N2O2. The van der Waals surface area contributed by atoms with Gasteiger partial charge in [-0.3, -0.25) is 4.79 Å². The molecule has 2 aliphatic carbocycles. The van der Waals surface area contributed by atoms with Crippen molar-refractivity contribution in [3.8, 4) is 0 Å². The summed E-state index contributed by atoms with van der Waals surface area (Å²) >= 11 is 0. The van der Waals surface area contributed by atoms with E-state index in [1.807, 2.05) is 0 Å². The predicted molar refractivity (Wildman–Crippen MR) is 73.6 cm³/mol. The molecule has 3 N–H and O–H groups in total. The maximum atomic E-state index is 12.5. The first kappa shape index (κ1) is 13.4. The van der Waals surface area contributed by atoms with Gasteiger partial charge in [-0.2, -0.15) is 0 Å². The van der Waals surface area contributed by atoms with Gasteiger partial charge in [0.05, 0.1) is 12.1 Å². The predicted octanol–water partition coefficient (Wildman–Crippen LogP) is 1.58. The van der Waals surface area contributed by atoms with Gasteiger partial charge in [-0.05, 0) is 25.7 Å². The largest absolute Gasteiger partial charge is 0.376 e. The molecule has 0 bridgehead atoms. The molecule has 1 saturated heterocycles. The van der Waals surface area contributed by atoms with Crippen LogP contribution in [-0.2, 0) is 9.53 Å². The number of carbonyl (C=O) groups excluding carboxylic acids is 1. The summed E-state index contributed by atoms with van der Waals surface area (Å²) in [4.78, 5) is 12.5. The number of nitrogens with one attached hydrogen (secondary N) is 1. The van der Waals surface area contributed by atoms with E-state index < -0.39 is 0 Å². The standard InChI is InChI=1S/C15H26N2O2/c1-15(7-3-2-4-8-15)14(18)17-12-11(16)10-6-5-9-19-13(10)12/h10-13H,2-9,16H2,1H3,(H,17,18). The van der Waals surface area contributed by atoms with E-state index >= 15 is 0 Å². The molecule has 3 fully saturated rings. The molecule has 0 aromatic carbocycles. The number of hydrogen-bond donors (Lipinski definition) is 2. The van der Waals surface area contributed by atoms with E-state index in [4.69, 9.17) is 10.5 Å². The van der Waals surface area contributed by atoms with Gasteiger partial charge in [-0.15, -0.1) is 0 Å². The smallest absolute Gasteiger partial charge is 0.226 e. The molecule has 0 aromatic heterocycles. The van der Waals surface area contributed by atoms with Crippen molar-refractivity contribution in [3.05, 3.63) is 0 Å². The third-order valence-corrected chi connectivity index (χ3v) is 5.48. The molecule has 1 amide bonds. The van der Waals surface area contributed by atoms with Gasteiger partial charge in [-0.1, -0.05) is 26.2 Å². The summed E-state index contributed by atoms with van der Waals surface area (Å²) in [6.45, 7) is 2.92. The highest BCUT2D eigenvalue weighted by Crippen LogP contribution is 2.39. The van der Waals surface area contributed by atoms with Gasteiger partial charge in [0.1, 0.15) is 0 Å². The third-order valence-electron chi connectivity index (χ3n) is 5.48. The van der Waals surface area contributed by atoms with Crippen LogP contribution in [0.4, 0.5) is 0 Å². The Bertz CT molecular complexity index is 352. The lowest BCUT2D eigenvalue weighted by atomic mass is 9.67. The maximum absolute atomic E-state index is 12.5. The Labute approximate surface area is 115 Å². The number of rotatable bonds is 2. The average Bonchev–Trinajstić information content (AvgIpc) is 2.44. The minimum absolute atomic E-state index is 0.0385. The van der Waals surface area contributed by atoms with E-state index in [9.17, 15) is 4.79 Å². The zero-order valence-electron chi connectivity index (χ0n) is 11.9. The molecule has 2 saturated carbocycles. The second kappa shape index (κ2) is 5.06. The fourth-order valence-corrected chi connectivity index (χ4v) is 4.01. The van der Waals surface area contributed by atoms with Crippen molar-refractivity contribution < 1.29 is 9.53 Å². The number of fused-ring (bicyclic) bond motifs is 1. The monoisotopic (exact) mass is 266 g/mol. The van der Waals surface area contributed by atoms with E-state index in [1.54, 1.807) is 0 Å². The molecule has 108 valence electrons. The summed E-state index contributed by atoms with van der Waals surface area (Å²) in [5.41, 5.74) is 6.02. The maximum Gasteiger partial charge on any atom is 0.226 e. The highest BCUT2D eigenvalue weighted by Gasteiger charge is 2.52. The van der Waals surface area contributed by atoms with Crippen LogP contribution in [0, 0.1) is 11.3 Å². The highest BCUT2D eigenvalue weighted by molar-refractivity contribution is 5.82. The van der Waals surface area contributed by atoms with Crippen LogP contribution in [-0.4, -0.2) is 30.7 Å². The van der Waals surface area contributed by atoms with E-state index in [2.05, 4.69) is 12.2 Å². The minimum Gasteiger partial charge on any atom is -0.376 e. The van der Waals surface area contributed by atoms with Gasteiger partial charge in [0, 0.05) is 24.0 Å². The van der Waals surface area contributed by atoms with Gasteiger partial charge < -0.3 is 15.8 Å². The lowest BCUT2D eigenvalue weighted by Gasteiger charge is -2.53. The Kier molecular flexibility index (Phi) is 3.56. The SMILES string of the molecule is CC1(C(=O)NC2C(N)C3CCCOC32)CCCCC1. The minimum atomic E-state index is -0.183. The number of carbonyl (C=O) groups is 1. The summed E-state index contributed by atoms with van der Waals surface area (Å²) in [6, 6.07) is 0.123. The van der Waals surface area contributed by atoms with Gasteiger partial charge in [0.2, 0.25) is 5.91 Å². The molecule has 1 aliphatic heterocycles. The molecule has 4 unspecified atom stereocenters. The molecule has 4 atom stereocenters. The topological polar surface area (TPSA) is 64.4 Å². The van der Waals surface area contributed by atoms with Crippen molar-refractivity contribution in [1.82, 2.24) is 5.32 Å². The lowest BCUT2D eigenvalue weighted by Crippen LogP contribution is -2.72. The summed E-state index contributed by atoms with van der Waals surface area (Å²) in [5, 5.41) is 3.19. The lowest BCUT2D eigenvalue weighted by molar-refractivity contribution is -0.147. The Morgan fingerprint density at radius 3 is 2.74 bits per heavy atom. The van der Waals surface area contributed by atoms with Crippen LogP contribution in [0.25, 0.3) is 0 Å². The Balaban J connectivity index is 1.60. The average molecular weight is 266 g/mol. The Morgan fingerprint density at radius 1 is 1.26 bits per heavy atom. The fourth-order valence-electron chi connectivity index (χ4n) is 4.01. The van der Waals surface area contributed by atoms with E-state index in [-0.39, 0.29) is 29.5 Å². The summed E-state index contributed by atoms with van der Waals surface area (Å²) in [5.74, 6) is 0.651. The molecule has 0 radical (unpaired) electrons. The molecule has 1 heterocycles. The van der Waals surface area contributed by atoms with E-state index in [1.165, 1.54) is 19.3 Å². The van der Waals surface area contributed by atoms with Crippen molar-refractivity contribution >= 4 is 5.91 Å².